The van der Waals surface area contributed by atoms with E-state index in [1.54, 1.807) is 11.3 Å². The largest absolute Gasteiger partial charge is 0.355 e. The Morgan fingerprint density at radius 1 is 1.26 bits per heavy atom. The molecular weight excluding hydrogens is 326 g/mol. The van der Waals surface area contributed by atoms with Gasteiger partial charge in [-0.2, -0.15) is 0 Å². The van der Waals surface area contributed by atoms with Crippen molar-refractivity contribution in [1.29, 1.82) is 0 Å². The lowest BCUT2D eigenvalue weighted by molar-refractivity contribution is 0.0944. The van der Waals surface area contributed by atoms with Crippen LogP contribution in [0.2, 0.25) is 0 Å². The lowest BCUT2D eigenvalue weighted by atomic mass is 10.1. The first-order chi connectivity index (χ1) is 11.1. The fraction of sp³-hybridized carbons (Fsp3) is 0.294. The molecular formula is C17H21N3OS2. The predicted octanol–water partition coefficient (Wildman–Crippen LogP) is 3.57. The van der Waals surface area contributed by atoms with Gasteiger partial charge in [-0.05, 0) is 37.2 Å². The van der Waals surface area contributed by atoms with Crippen molar-refractivity contribution >= 4 is 34.6 Å². The zero-order valence-electron chi connectivity index (χ0n) is 13.3. The van der Waals surface area contributed by atoms with Gasteiger partial charge in [0, 0.05) is 10.3 Å². The number of benzene rings is 1. The summed E-state index contributed by atoms with van der Waals surface area (Å²) >= 11 is 6.82. The maximum absolute atomic E-state index is 12.1. The van der Waals surface area contributed by atoms with E-state index in [9.17, 15) is 4.79 Å². The van der Waals surface area contributed by atoms with Crippen LogP contribution >= 0.6 is 23.6 Å². The molecule has 4 nitrogen and oxygen atoms in total. The molecule has 1 aromatic heterocycles. The average Bonchev–Trinajstić information content (AvgIpc) is 3.02. The first-order valence-corrected chi connectivity index (χ1v) is 8.88. The molecule has 0 aliphatic rings. The van der Waals surface area contributed by atoms with E-state index in [4.69, 9.17) is 12.2 Å². The molecule has 0 unspecified atom stereocenters. The summed E-state index contributed by atoms with van der Waals surface area (Å²) in [5, 5.41) is 5.39. The van der Waals surface area contributed by atoms with Crippen LogP contribution in [0.3, 0.4) is 0 Å². The number of carbonyl (C=O) groups is 1. The van der Waals surface area contributed by atoms with Crippen LogP contribution in [0.15, 0.2) is 41.8 Å². The highest BCUT2D eigenvalue weighted by molar-refractivity contribution is 7.80. The Morgan fingerprint density at radius 3 is 2.70 bits per heavy atom. The molecule has 0 bridgehead atoms. The molecule has 1 aromatic carbocycles. The van der Waals surface area contributed by atoms with E-state index < -0.39 is 0 Å². The fourth-order valence-electron chi connectivity index (χ4n) is 2.12. The van der Waals surface area contributed by atoms with Crippen LogP contribution in [-0.4, -0.2) is 11.0 Å². The second kappa shape index (κ2) is 8.64. The predicted molar refractivity (Wildman–Crippen MR) is 99.5 cm³/mol. The van der Waals surface area contributed by atoms with Crippen molar-refractivity contribution in [2.45, 2.75) is 32.7 Å². The highest BCUT2D eigenvalue weighted by atomic mass is 32.1. The van der Waals surface area contributed by atoms with Gasteiger partial charge in [0.05, 0.1) is 11.6 Å². The molecule has 1 heterocycles. The Kier molecular flexibility index (Phi) is 6.55. The van der Waals surface area contributed by atoms with Gasteiger partial charge >= 0.3 is 0 Å². The van der Waals surface area contributed by atoms with Crippen LogP contribution in [0.5, 0.6) is 0 Å². The Labute approximate surface area is 146 Å². The van der Waals surface area contributed by atoms with Crippen LogP contribution in [0.25, 0.3) is 0 Å². The van der Waals surface area contributed by atoms with E-state index in [1.807, 2.05) is 48.7 Å². The Bertz CT molecular complexity index is 655. The van der Waals surface area contributed by atoms with Gasteiger partial charge in [-0.1, -0.05) is 43.7 Å². The molecule has 2 aromatic rings. The number of nitrogens with one attached hydrogen (secondary N) is 3. The molecule has 0 aliphatic carbocycles. The maximum Gasteiger partial charge on any atom is 0.270 e. The van der Waals surface area contributed by atoms with Crippen LogP contribution in [0.1, 0.15) is 47.1 Å². The molecule has 122 valence electrons. The van der Waals surface area contributed by atoms with E-state index in [2.05, 4.69) is 23.1 Å². The van der Waals surface area contributed by atoms with Crippen LogP contribution in [0.4, 0.5) is 0 Å². The first kappa shape index (κ1) is 17.4. The number of carbonyl (C=O) groups excluding carboxylic acids is 1. The van der Waals surface area contributed by atoms with E-state index in [0.29, 0.717) is 10.7 Å². The minimum atomic E-state index is -0.180. The van der Waals surface area contributed by atoms with Crippen molar-refractivity contribution in [3.63, 3.8) is 0 Å². The molecule has 2 rings (SSSR count). The summed E-state index contributed by atoms with van der Waals surface area (Å²) in [4.78, 5) is 13.3. The van der Waals surface area contributed by atoms with Gasteiger partial charge in [0.1, 0.15) is 0 Å². The van der Waals surface area contributed by atoms with E-state index >= 15 is 0 Å². The number of amides is 1. The zero-order valence-corrected chi connectivity index (χ0v) is 14.9. The minimum Gasteiger partial charge on any atom is -0.355 e. The van der Waals surface area contributed by atoms with Crippen molar-refractivity contribution in [2.75, 3.05) is 0 Å². The highest BCUT2D eigenvalue weighted by Gasteiger charge is 2.10. The van der Waals surface area contributed by atoms with Crippen molar-refractivity contribution in [3.05, 3.63) is 57.8 Å². The van der Waals surface area contributed by atoms with E-state index in [-0.39, 0.29) is 11.9 Å². The average molecular weight is 348 g/mol. The number of hydrogen-bond donors (Lipinski definition) is 3. The molecule has 3 N–H and O–H groups in total. The van der Waals surface area contributed by atoms with Gasteiger partial charge in [-0.25, -0.2) is 0 Å². The summed E-state index contributed by atoms with van der Waals surface area (Å²) in [7, 11) is 0. The molecule has 6 heteroatoms. The molecule has 0 saturated carbocycles. The molecule has 0 aliphatic heterocycles. The van der Waals surface area contributed by atoms with Crippen molar-refractivity contribution in [3.8, 4) is 0 Å². The third kappa shape index (κ3) is 5.33. The highest BCUT2D eigenvalue weighted by Crippen LogP contribution is 2.16. The zero-order chi connectivity index (χ0) is 16.7. The molecule has 0 spiro atoms. The molecule has 1 amide bonds. The quantitative estimate of drug-likeness (QED) is 0.572. The van der Waals surface area contributed by atoms with Crippen molar-refractivity contribution < 1.29 is 4.79 Å². The topological polar surface area (TPSA) is 53.2 Å². The van der Waals surface area contributed by atoms with E-state index in [0.717, 1.165) is 18.4 Å². The van der Waals surface area contributed by atoms with Gasteiger partial charge in [0.2, 0.25) is 0 Å². The monoisotopic (exact) mass is 347 g/mol. The molecule has 0 fully saturated rings. The SMILES string of the molecule is CCCc1cc(C(=O)NNC(=S)N[C@H](C)c2ccccc2)cs1. The summed E-state index contributed by atoms with van der Waals surface area (Å²) < 4.78 is 0. The summed E-state index contributed by atoms with van der Waals surface area (Å²) in [6.45, 7) is 4.14. The fourth-order valence-corrected chi connectivity index (χ4v) is 3.32. The van der Waals surface area contributed by atoms with Gasteiger partial charge in [0.25, 0.3) is 5.91 Å². The second-order valence-electron chi connectivity index (χ2n) is 5.24. The molecule has 0 saturated heterocycles. The summed E-state index contributed by atoms with van der Waals surface area (Å²) in [6, 6.07) is 12.0. The normalized spacial score (nSPS) is 11.6. The Morgan fingerprint density at radius 2 is 2.00 bits per heavy atom. The van der Waals surface area contributed by atoms with Crippen LogP contribution in [0, 0.1) is 0 Å². The lowest BCUT2D eigenvalue weighted by Gasteiger charge is -2.17. The van der Waals surface area contributed by atoms with E-state index in [1.165, 1.54) is 4.88 Å². The summed E-state index contributed by atoms with van der Waals surface area (Å²) in [6.07, 6.45) is 2.07. The Balaban J connectivity index is 1.80. The Hall–Kier alpha value is -1.92. The van der Waals surface area contributed by atoms with Crippen LogP contribution < -0.4 is 16.2 Å². The number of thiophene rings is 1. The second-order valence-corrected chi connectivity index (χ2v) is 6.64. The summed E-state index contributed by atoms with van der Waals surface area (Å²) in [5.41, 5.74) is 7.16. The minimum absolute atomic E-state index is 0.0606. The first-order valence-electron chi connectivity index (χ1n) is 7.59. The number of hydrazine groups is 1. The third-order valence-corrected chi connectivity index (χ3v) is 4.57. The van der Waals surface area contributed by atoms with Crippen molar-refractivity contribution in [1.82, 2.24) is 16.2 Å². The number of rotatable bonds is 5. The third-order valence-electron chi connectivity index (χ3n) is 3.35. The van der Waals surface area contributed by atoms with Crippen molar-refractivity contribution in [2.24, 2.45) is 0 Å². The number of hydrogen-bond acceptors (Lipinski definition) is 3. The maximum atomic E-state index is 12.1. The van der Waals surface area contributed by atoms with Crippen LogP contribution in [-0.2, 0) is 6.42 Å². The van der Waals surface area contributed by atoms with Gasteiger partial charge in [0.15, 0.2) is 5.11 Å². The number of aryl methyl sites for hydroxylation is 1. The van der Waals surface area contributed by atoms with Gasteiger partial charge in [-0.3, -0.25) is 15.6 Å². The standard InChI is InChI=1S/C17H21N3OS2/c1-3-7-15-10-14(11-23-15)16(21)19-20-17(22)18-12(2)13-8-5-4-6-9-13/h4-6,8-12H,3,7H2,1-2H3,(H,19,21)(H2,18,20,22)/t12-/m1/s1. The molecule has 23 heavy (non-hydrogen) atoms. The van der Waals surface area contributed by atoms with Gasteiger partial charge < -0.3 is 5.32 Å². The van der Waals surface area contributed by atoms with Gasteiger partial charge in [-0.15, -0.1) is 11.3 Å². The summed E-state index contributed by atoms with van der Waals surface area (Å²) in [5.74, 6) is -0.180. The number of thiocarbonyl (C=S) groups is 1. The molecule has 0 radical (unpaired) electrons. The smallest absolute Gasteiger partial charge is 0.270 e. The lowest BCUT2D eigenvalue weighted by Crippen LogP contribution is -2.47. The molecule has 1 atom stereocenters.